The fourth-order valence-corrected chi connectivity index (χ4v) is 3.95. The van der Waals surface area contributed by atoms with E-state index in [0.29, 0.717) is 6.04 Å². The third kappa shape index (κ3) is 7.25. The maximum atomic E-state index is 5.22. The summed E-state index contributed by atoms with van der Waals surface area (Å²) in [4.78, 5) is 8.20. The Morgan fingerprint density at radius 3 is 2.88 bits per heavy atom. The average molecular weight is 492 g/mol. The molecule has 5 nitrogen and oxygen atoms in total. The van der Waals surface area contributed by atoms with Crippen LogP contribution in [0.15, 0.2) is 28.1 Å². The van der Waals surface area contributed by atoms with E-state index in [9.17, 15) is 0 Å². The van der Waals surface area contributed by atoms with Gasteiger partial charge in [0.1, 0.15) is 0 Å². The maximum absolute atomic E-state index is 5.22. The van der Waals surface area contributed by atoms with Gasteiger partial charge in [0.15, 0.2) is 5.96 Å². The second kappa shape index (κ2) is 12.8. The first kappa shape index (κ1) is 23.5. The first-order chi connectivity index (χ1) is 12.2. The van der Waals surface area contributed by atoms with Crippen LogP contribution in [0.25, 0.3) is 0 Å². The van der Waals surface area contributed by atoms with E-state index in [4.69, 9.17) is 4.74 Å². The van der Waals surface area contributed by atoms with E-state index in [1.807, 2.05) is 7.05 Å². The van der Waals surface area contributed by atoms with E-state index in [1.165, 1.54) is 35.4 Å². The van der Waals surface area contributed by atoms with E-state index in [0.717, 1.165) is 32.2 Å². The molecule has 1 aliphatic rings. The Morgan fingerprint density at radius 1 is 1.38 bits per heavy atom. The van der Waals surface area contributed by atoms with Crippen molar-refractivity contribution in [1.29, 1.82) is 0 Å². The summed E-state index contributed by atoms with van der Waals surface area (Å²) in [6.07, 6.45) is 4.63. The molecule has 0 aliphatic carbocycles. The van der Waals surface area contributed by atoms with Crippen molar-refractivity contribution in [2.24, 2.45) is 4.99 Å². The number of benzene rings is 1. The summed E-state index contributed by atoms with van der Waals surface area (Å²) in [6.45, 7) is 6.82. The van der Waals surface area contributed by atoms with Crippen LogP contribution in [0.2, 0.25) is 0 Å². The molecule has 0 radical (unpaired) electrons. The van der Waals surface area contributed by atoms with Crippen molar-refractivity contribution >= 4 is 41.7 Å². The quantitative estimate of drug-likeness (QED) is 0.253. The van der Waals surface area contributed by atoms with Crippen molar-refractivity contribution in [3.8, 4) is 0 Å². The van der Waals surface area contributed by atoms with Crippen molar-refractivity contribution in [3.63, 3.8) is 0 Å². The Morgan fingerprint density at radius 2 is 2.19 bits per heavy atom. The molecule has 1 heterocycles. The van der Waals surface area contributed by atoms with Gasteiger partial charge in [0.05, 0.1) is 6.61 Å². The van der Waals surface area contributed by atoms with Gasteiger partial charge in [-0.05, 0) is 49.8 Å². The Balaban J connectivity index is 0.00000338. The summed E-state index contributed by atoms with van der Waals surface area (Å²) in [6, 6.07) is 7.17. The zero-order chi connectivity index (χ0) is 18.1. The number of likely N-dealkylation sites (tertiary alicyclic amines) is 1. The second-order valence-electron chi connectivity index (χ2n) is 6.45. The lowest BCUT2D eigenvalue weighted by atomic mass is 10.1. The van der Waals surface area contributed by atoms with Crippen molar-refractivity contribution in [2.45, 2.75) is 37.2 Å². The van der Waals surface area contributed by atoms with Crippen LogP contribution < -0.4 is 10.6 Å². The van der Waals surface area contributed by atoms with E-state index in [1.54, 1.807) is 18.9 Å². The lowest BCUT2D eigenvalue weighted by molar-refractivity contribution is 0.141. The van der Waals surface area contributed by atoms with Crippen LogP contribution in [0, 0.1) is 6.92 Å². The van der Waals surface area contributed by atoms with Crippen molar-refractivity contribution < 1.29 is 4.74 Å². The van der Waals surface area contributed by atoms with Crippen LogP contribution in [-0.2, 0) is 11.3 Å². The van der Waals surface area contributed by atoms with E-state index >= 15 is 0 Å². The van der Waals surface area contributed by atoms with Gasteiger partial charge in [-0.2, -0.15) is 0 Å². The van der Waals surface area contributed by atoms with Gasteiger partial charge in [0.2, 0.25) is 0 Å². The first-order valence-corrected chi connectivity index (χ1v) is 10.2. The summed E-state index contributed by atoms with van der Waals surface area (Å²) < 4.78 is 5.22. The van der Waals surface area contributed by atoms with Gasteiger partial charge in [-0.1, -0.05) is 12.1 Å². The predicted octanol–water partition coefficient (Wildman–Crippen LogP) is 3.11. The summed E-state index contributed by atoms with van der Waals surface area (Å²) in [5.41, 5.74) is 2.61. The van der Waals surface area contributed by atoms with Crippen molar-refractivity contribution in [1.82, 2.24) is 15.5 Å². The SMILES string of the molecule is CN=C(NCc1ccc(C)cc1SC)NCC1CCCN1CCOC.I. The number of aliphatic imine (C=N–C) groups is 1. The molecule has 7 heteroatoms. The summed E-state index contributed by atoms with van der Waals surface area (Å²) >= 11 is 1.79. The number of nitrogens with one attached hydrogen (secondary N) is 2. The molecular formula is C19H33IN4OS. The number of hydrogen-bond donors (Lipinski definition) is 2. The minimum atomic E-state index is 0. The lowest BCUT2D eigenvalue weighted by Gasteiger charge is -2.25. The maximum Gasteiger partial charge on any atom is 0.191 e. The minimum Gasteiger partial charge on any atom is -0.383 e. The molecule has 0 aromatic heterocycles. The Bertz CT molecular complexity index is 570. The number of guanidine groups is 1. The lowest BCUT2D eigenvalue weighted by Crippen LogP contribution is -2.45. The van der Waals surface area contributed by atoms with Gasteiger partial charge in [0.25, 0.3) is 0 Å². The Labute approximate surface area is 179 Å². The molecule has 1 unspecified atom stereocenters. The molecule has 1 atom stereocenters. The molecule has 26 heavy (non-hydrogen) atoms. The van der Waals surface area contributed by atoms with Crippen LogP contribution in [0.1, 0.15) is 24.0 Å². The predicted molar refractivity (Wildman–Crippen MR) is 123 cm³/mol. The summed E-state index contributed by atoms with van der Waals surface area (Å²) in [5.74, 6) is 0.867. The number of ether oxygens (including phenoxy) is 1. The molecule has 1 aromatic rings. The number of aryl methyl sites for hydroxylation is 1. The highest BCUT2D eigenvalue weighted by atomic mass is 127. The minimum absolute atomic E-state index is 0. The largest absolute Gasteiger partial charge is 0.383 e. The average Bonchev–Trinajstić information content (AvgIpc) is 3.08. The number of methoxy groups -OCH3 is 1. The molecular weight excluding hydrogens is 459 g/mol. The fraction of sp³-hybridized carbons (Fsp3) is 0.632. The highest BCUT2D eigenvalue weighted by Crippen LogP contribution is 2.21. The highest BCUT2D eigenvalue weighted by Gasteiger charge is 2.23. The number of rotatable bonds is 8. The monoisotopic (exact) mass is 492 g/mol. The number of thioether (sulfide) groups is 1. The first-order valence-electron chi connectivity index (χ1n) is 8.99. The molecule has 2 N–H and O–H groups in total. The molecule has 0 amide bonds. The fourth-order valence-electron chi connectivity index (χ4n) is 3.24. The van der Waals surface area contributed by atoms with Crippen LogP contribution in [-0.4, -0.2) is 63.6 Å². The van der Waals surface area contributed by atoms with Crippen molar-refractivity contribution in [2.75, 3.05) is 46.7 Å². The summed E-state index contributed by atoms with van der Waals surface area (Å²) in [5, 5.41) is 6.93. The topological polar surface area (TPSA) is 48.9 Å². The van der Waals surface area contributed by atoms with E-state index in [2.05, 4.69) is 51.9 Å². The van der Waals surface area contributed by atoms with Crippen LogP contribution >= 0.6 is 35.7 Å². The number of nitrogens with zero attached hydrogens (tertiary/aromatic N) is 2. The molecule has 1 saturated heterocycles. The standard InChI is InChI=1S/C19H32N4OS.HI/c1-15-7-8-16(18(12-15)25-4)13-21-19(20-2)22-14-17-6-5-9-23(17)10-11-24-3;/h7-8,12,17H,5-6,9-11,13-14H2,1-4H3,(H2,20,21,22);1H. The molecule has 148 valence electrons. The molecule has 0 bridgehead atoms. The van der Waals surface area contributed by atoms with Crippen LogP contribution in [0.4, 0.5) is 0 Å². The smallest absolute Gasteiger partial charge is 0.191 e. The van der Waals surface area contributed by atoms with E-state index < -0.39 is 0 Å². The van der Waals surface area contributed by atoms with Gasteiger partial charge in [-0.25, -0.2) is 0 Å². The van der Waals surface area contributed by atoms with Gasteiger partial charge in [-0.3, -0.25) is 9.89 Å². The van der Waals surface area contributed by atoms with Crippen LogP contribution in [0.3, 0.4) is 0 Å². The molecule has 0 saturated carbocycles. The Kier molecular flexibility index (Phi) is 11.6. The van der Waals surface area contributed by atoms with Crippen molar-refractivity contribution in [3.05, 3.63) is 29.3 Å². The van der Waals surface area contributed by atoms with Gasteiger partial charge in [-0.15, -0.1) is 35.7 Å². The molecule has 1 aliphatic heterocycles. The highest BCUT2D eigenvalue weighted by molar-refractivity contribution is 14.0. The van der Waals surface area contributed by atoms with E-state index in [-0.39, 0.29) is 24.0 Å². The second-order valence-corrected chi connectivity index (χ2v) is 7.29. The zero-order valence-electron chi connectivity index (χ0n) is 16.4. The zero-order valence-corrected chi connectivity index (χ0v) is 19.5. The summed E-state index contributed by atoms with van der Waals surface area (Å²) in [7, 11) is 3.60. The molecule has 1 aromatic carbocycles. The number of hydrogen-bond acceptors (Lipinski definition) is 4. The van der Waals surface area contributed by atoms with Gasteiger partial charge in [0, 0.05) is 44.7 Å². The molecule has 0 spiro atoms. The molecule has 2 rings (SSSR count). The molecule has 1 fully saturated rings. The van der Waals surface area contributed by atoms with Gasteiger partial charge >= 0.3 is 0 Å². The normalized spacial score (nSPS) is 17.8. The van der Waals surface area contributed by atoms with Crippen LogP contribution in [0.5, 0.6) is 0 Å². The third-order valence-electron chi connectivity index (χ3n) is 4.70. The third-order valence-corrected chi connectivity index (χ3v) is 5.52. The Hall–Kier alpha value is -0.510. The van der Waals surface area contributed by atoms with Gasteiger partial charge < -0.3 is 15.4 Å². The number of halogens is 1.